The number of ether oxygens (including phenoxy) is 1. The normalized spacial score (nSPS) is 19.6. The molecule has 1 aliphatic carbocycles. The minimum atomic E-state index is -0.589. The van der Waals surface area contributed by atoms with Crippen LogP contribution in [0.4, 0.5) is 8.78 Å². The standard InChI is InChI=1S/C14H20F2N2O/c1-2-19-14(7-3-4-8-14)13(18-17)11-6-5-10(15)9-12(11)16/h5-6,9,13,18H,2-4,7-8,17H2,1H3. The number of halogens is 2. The highest BCUT2D eigenvalue weighted by Crippen LogP contribution is 2.43. The van der Waals surface area contributed by atoms with Gasteiger partial charge < -0.3 is 4.74 Å². The first-order valence-corrected chi connectivity index (χ1v) is 6.68. The summed E-state index contributed by atoms with van der Waals surface area (Å²) in [6.45, 7) is 2.45. The second kappa shape index (κ2) is 5.94. The Bertz CT molecular complexity index is 433. The van der Waals surface area contributed by atoms with Crippen molar-refractivity contribution in [2.75, 3.05) is 6.61 Å². The van der Waals surface area contributed by atoms with Crippen LogP contribution in [0.2, 0.25) is 0 Å². The molecular formula is C14H20F2N2O. The van der Waals surface area contributed by atoms with Crippen LogP contribution in [0.15, 0.2) is 18.2 Å². The van der Waals surface area contributed by atoms with E-state index in [2.05, 4.69) is 5.43 Å². The van der Waals surface area contributed by atoms with E-state index in [4.69, 9.17) is 10.6 Å². The Labute approximate surface area is 112 Å². The van der Waals surface area contributed by atoms with Gasteiger partial charge in [0, 0.05) is 18.2 Å². The van der Waals surface area contributed by atoms with Gasteiger partial charge in [-0.15, -0.1) is 0 Å². The van der Waals surface area contributed by atoms with E-state index in [1.54, 1.807) is 0 Å². The third-order valence-electron chi connectivity index (χ3n) is 3.85. The third kappa shape index (κ3) is 2.78. The van der Waals surface area contributed by atoms with E-state index in [0.29, 0.717) is 12.2 Å². The maximum absolute atomic E-state index is 14.0. The van der Waals surface area contributed by atoms with Crippen LogP contribution in [0.5, 0.6) is 0 Å². The predicted octanol–water partition coefficient (Wildman–Crippen LogP) is 2.82. The molecule has 0 saturated heterocycles. The number of benzene rings is 1. The van der Waals surface area contributed by atoms with Crippen molar-refractivity contribution in [3.8, 4) is 0 Å². The molecule has 1 unspecified atom stereocenters. The summed E-state index contributed by atoms with van der Waals surface area (Å²) in [5.74, 6) is 4.44. The van der Waals surface area contributed by atoms with Crippen LogP contribution < -0.4 is 11.3 Å². The molecule has 0 heterocycles. The highest BCUT2D eigenvalue weighted by atomic mass is 19.1. The van der Waals surface area contributed by atoms with Gasteiger partial charge in [0.1, 0.15) is 11.6 Å². The Kier molecular flexibility index (Phi) is 4.50. The van der Waals surface area contributed by atoms with Gasteiger partial charge in [0.25, 0.3) is 0 Å². The molecular weight excluding hydrogens is 250 g/mol. The van der Waals surface area contributed by atoms with E-state index in [1.165, 1.54) is 12.1 Å². The monoisotopic (exact) mass is 270 g/mol. The predicted molar refractivity (Wildman–Crippen MR) is 69.2 cm³/mol. The number of hydrogen-bond donors (Lipinski definition) is 2. The summed E-state index contributed by atoms with van der Waals surface area (Å²) in [7, 11) is 0. The largest absolute Gasteiger partial charge is 0.373 e. The fourth-order valence-electron chi connectivity index (χ4n) is 3.04. The highest BCUT2D eigenvalue weighted by Gasteiger charge is 2.43. The van der Waals surface area contributed by atoms with Gasteiger partial charge in [-0.1, -0.05) is 18.9 Å². The SMILES string of the molecule is CCOC1(C(NN)c2ccc(F)cc2F)CCCC1. The van der Waals surface area contributed by atoms with Gasteiger partial charge in [0.05, 0.1) is 11.6 Å². The molecule has 106 valence electrons. The van der Waals surface area contributed by atoms with Gasteiger partial charge in [-0.05, 0) is 25.8 Å². The minimum absolute atomic E-state index is 0.360. The van der Waals surface area contributed by atoms with Crippen LogP contribution in [-0.2, 0) is 4.74 Å². The van der Waals surface area contributed by atoms with Gasteiger partial charge in [-0.3, -0.25) is 5.84 Å². The molecule has 0 aromatic heterocycles. The van der Waals surface area contributed by atoms with Crippen LogP contribution in [-0.4, -0.2) is 12.2 Å². The van der Waals surface area contributed by atoms with Crippen LogP contribution in [0, 0.1) is 11.6 Å². The first kappa shape index (κ1) is 14.4. The summed E-state index contributed by atoms with van der Waals surface area (Å²) >= 11 is 0. The number of hydrogen-bond acceptors (Lipinski definition) is 3. The Morgan fingerprint density at radius 1 is 1.37 bits per heavy atom. The fourth-order valence-corrected chi connectivity index (χ4v) is 3.04. The van der Waals surface area contributed by atoms with Crippen molar-refractivity contribution in [1.29, 1.82) is 0 Å². The molecule has 1 aliphatic rings. The molecule has 0 amide bonds. The number of rotatable bonds is 5. The van der Waals surface area contributed by atoms with Crippen LogP contribution in [0.25, 0.3) is 0 Å². The van der Waals surface area contributed by atoms with Gasteiger partial charge >= 0.3 is 0 Å². The lowest BCUT2D eigenvalue weighted by atomic mass is 9.86. The molecule has 0 aliphatic heterocycles. The van der Waals surface area contributed by atoms with Gasteiger partial charge in [0.15, 0.2) is 0 Å². The zero-order valence-corrected chi connectivity index (χ0v) is 11.1. The number of hydrazine groups is 1. The third-order valence-corrected chi connectivity index (χ3v) is 3.85. The average molecular weight is 270 g/mol. The first-order valence-electron chi connectivity index (χ1n) is 6.68. The van der Waals surface area contributed by atoms with Crippen molar-refractivity contribution >= 4 is 0 Å². The van der Waals surface area contributed by atoms with E-state index >= 15 is 0 Å². The van der Waals surface area contributed by atoms with Crippen molar-refractivity contribution < 1.29 is 13.5 Å². The first-order chi connectivity index (χ1) is 9.13. The van der Waals surface area contributed by atoms with Crippen molar-refractivity contribution in [3.05, 3.63) is 35.4 Å². The summed E-state index contributed by atoms with van der Waals surface area (Å²) in [4.78, 5) is 0. The van der Waals surface area contributed by atoms with Crippen molar-refractivity contribution in [2.45, 2.75) is 44.2 Å². The average Bonchev–Trinajstić information content (AvgIpc) is 2.83. The summed E-state index contributed by atoms with van der Waals surface area (Å²) in [6.07, 6.45) is 3.71. The molecule has 1 aromatic rings. The molecule has 3 nitrogen and oxygen atoms in total. The lowest BCUT2D eigenvalue weighted by Gasteiger charge is -2.37. The molecule has 1 aromatic carbocycles. The van der Waals surface area contributed by atoms with E-state index in [-0.39, 0.29) is 0 Å². The minimum Gasteiger partial charge on any atom is -0.373 e. The van der Waals surface area contributed by atoms with Crippen molar-refractivity contribution in [2.24, 2.45) is 5.84 Å². The summed E-state index contributed by atoms with van der Waals surface area (Å²) in [6, 6.07) is 3.11. The van der Waals surface area contributed by atoms with E-state index in [9.17, 15) is 8.78 Å². The van der Waals surface area contributed by atoms with E-state index in [0.717, 1.165) is 31.7 Å². The maximum Gasteiger partial charge on any atom is 0.131 e. The Morgan fingerprint density at radius 3 is 2.58 bits per heavy atom. The van der Waals surface area contributed by atoms with Crippen LogP contribution >= 0.6 is 0 Å². The molecule has 0 spiro atoms. The Balaban J connectivity index is 2.36. The van der Waals surface area contributed by atoms with Crippen LogP contribution in [0.1, 0.15) is 44.2 Å². The highest BCUT2D eigenvalue weighted by molar-refractivity contribution is 5.25. The molecule has 1 saturated carbocycles. The quantitative estimate of drug-likeness (QED) is 0.639. The zero-order chi connectivity index (χ0) is 13.9. The van der Waals surface area contributed by atoms with Crippen LogP contribution in [0.3, 0.4) is 0 Å². The smallest absolute Gasteiger partial charge is 0.131 e. The molecule has 1 atom stereocenters. The van der Waals surface area contributed by atoms with Crippen molar-refractivity contribution in [1.82, 2.24) is 5.43 Å². The lowest BCUT2D eigenvalue weighted by Crippen LogP contribution is -2.47. The summed E-state index contributed by atoms with van der Waals surface area (Å²) < 4.78 is 32.9. The van der Waals surface area contributed by atoms with Gasteiger partial charge in [-0.25, -0.2) is 14.2 Å². The second-order valence-electron chi connectivity index (χ2n) is 4.97. The van der Waals surface area contributed by atoms with E-state index < -0.39 is 23.3 Å². The topological polar surface area (TPSA) is 47.3 Å². The van der Waals surface area contributed by atoms with Gasteiger partial charge in [-0.2, -0.15) is 0 Å². The summed E-state index contributed by atoms with van der Waals surface area (Å²) in [5.41, 5.74) is 2.52. The zero-order valence-electron chi connectivity index (χ0n) is 11.1. The Hall–Kier alpha value is -1.04. The van der Waals surface area contributed by atoms with Crippen molar-refractivity contribution in [3.63, 3.8) is 0 Å². The molecule has 0 bridgehead atoms. The second-order valence-corrected chi connectivity index (χ2v) is 4.97. The number of nitrogens with two attached hydrogens (primary N) is 1. The Morgan fingerprint density at radius 2 is 2.05 bits per heavy atom. The van der Waals surface area contributed by atoms with E-state index in [1.807, 2.05) is 6.92 Å². The molecule has 19 heavy (non-hydrogen) atoms. The number of nitrogens with one attached hydrogen (secondary N) is 1. The fraction of sp³-hybridized carbons (Fsp3) is 0.571. The lowest BCUT2D eigenvalue weighted by molar-refractivity contribution is -0.0634. The molecule has 0 radical (unpaired) electrons. The molecule has 1 fully saturated rings. The molecule has 3 N–H and O–H groups in total. The maximum atomic E-state index is 14.0. The molecule has 5 heteroatoms. The van der Waals surface area contributed by atoms with Gasteiger partial charge in [0.2, 0.25) is 0 Å². The summed E-state index contributed by atoms with van der Waals surface area (Å²) in [5, 5.41) is 0. The molecule has 2 rings (SSSR count).